The number of hydrogen-bond donors (Lipinski definition) is 2. The van der Waals surface area contributed by atoms with Gasteiger partial charge >= 0.3 is 0 Å². The molecule has 224 valence electrons. The van der Waals surface area contributed by atoms with E-state index in [0.717, 1.165) is 89.7 Å². The van der Waals surface area contributed by atoms with E-state index in [1.807, 2.05) is 0 Å². The number of hydrogen-bond acceptors (Lipinski definition) is 8. The molecule has 2 aliphatic rings. The molecule has 0 amide bonds. The van der Waals surface area contributed by atoms with Crippen molar-refractivity contribution in [2.75, 3.05) is 65.7 Å². The van der Waals surface area contributed by atoms with Crippen LogP contribution in [0.25, 0.3) is 0 Å². The summed E-state index contributed by atoms with van der Waals surface area (Å²) in [5.74, 6) is 0. The van der Waals surface area contributed by atoms with Crippen LogP contribution in [-0.2, 0) is 9.47 Å². The van der Waals surface area contributed by atoms with Gasteiger partial charge in [0.05, 0.1) is 11.4 Å². The maximum Gasteiger partial charge on any atom is 0.0596 e. The summed E-state index contributed by atoms with van der Waals surface area (Å²) in [7, 11) is 0. The van der Waals surface area contributed by atoms with Crippen LogP contribution in [0.3, 0.4) is 0 Å². The Labute approximate surface area is 233 Å². The molecule has 0 saturated carbocycles. The molecule has 8 nitrogen and oxygen atoms in total. The molecule has 8 heteroatoms. The molecule has 0 bridgehead atoms. The monoisotopic (exact) mass is 540 g/mol. The maximum absolute atomic E-state index is 8.69. The van der Waals surface area contributed by atoms with Gasteiger partial charge in [-0.2, -0.15) is 0 Å². The fraction of sp³-hybridized carbons (Fsp3) is 0.933. The second-order valence-electron chi connectivity index (χ2n) is 10.8. The summed E-state index contributed by atoms with van der Waals surface area (Å²) in [6, 6.07) is 0. The van der Waals surface area contributed by atoms with Crippen LogP contribution in [0.4, 0.5) is 0 Å². The van der Waals surface area contributed by atoms with E-state index in [2.05, 4.69) is 34.0 Å². The lowest BCUT2D eigenvalue weighted by Gasteiger charge is -2.26. The molecule has 0 aromatic carbocycles. The fourth-order valence-corrected chi connectivity index (χ4v) is 4.75. The second-order valence-corrected chi connectivity index (χ2v) is 10.8. The molecule has 38 heavy (non-hydrogen) atoms. The number of rotatable bonds is 20. The normalized spacial score (nSPS) is 16.8. The smallest absolute Gasteiger partial charge is 0.0596 e. The topological polar surface area (TPSA) is 90.1 Å². The van der Waals surface area contributed by atoms with Crippen LogP contribution in [-0.4, -0.2) is 97.3 Å². The average Bonchev–Trinajstić information content (AvgIpc) is 2.96. The molecule has 0 atom stereocenters. The summed E-state index contributed by atoms with van der Waals surface area (Å²) in [6.45, 7) is 14.7. The number of nitrogens with zero attached hydrogens (tertiary/aromatic N) is 4. The summed E-state index contributed by atoms with van der Waals surface area (Å²) >= 11 is 0. The molecule has 0 radical (unpaired) electrons. The highest BCUT2D eigenvalue weighted by molar-refractivity contribution is 5.85. The third kappa shape index (κ3) is 19.8. The van der Waals surface area contributed by atoms with Crippen LogP contribution in [0.2, 0.25) is 0 Å². The minimum absolute atomic E-state index is 0.930. The van der Waals surface area contributed by atoms with E-state index in [4.69, 9.17) is 19.9 Å². The van der Waals surface area contributed by atoms with Crippen LogP contribution in [0.5, 0.6) is 0 Å². The zero-order chi connectivity index (χ0) is 27.5. The minimum Gasteiger partial charge on any atom is -0.411 e. The molecule has 2 aliphatic heterocycles. The van der Waals surface area contributed by atoms with Crippen LogP contribution in [0, 0.1) is 0 Å². The first-order valence-electron chi connectivity index (χ1n) is 15.7. The van der Waals surface area contributed by atoms with Crippen molar-refractivity contribution in [2.45, 2.75) is 117 Å². The highest BCUT2D eigenvalue weighted by Crippen LogP contribution is 2.11. The number of ether oxygens (including phenoxy) is 2. The average molecular weight is 541 g/mol. The highest BCUT2D eigenvalue weighted by Gasteiger charge is 2.15. The first-order valence-corrected chi connectivity index (χ1v) is 15.7. The first-order chi connectivity index (χ1) is 18.7. The number of likely N-dealkylation sites (tertiary alicyclic amines) is 2. The third-order valence-electron chi connectivity index (χ3n) is 7.46. The van der Waals surface area contributed by atoms with Crippen LogP contribution in [0.15, 0.2) is 10.3 Å². The summed E-state index contributed by atoms with van der Waals surface area (Å²) < 4.78 is 11.1. The Morgan fingerprint density at radius 3 is 1.21 bits per heavy atom. The van der Waals surface area contributed by atoms with Gasteiger partial charge in [0.2, 0.25) is 0 Å². The lowest BCUT2D eigenvalue weighted by Crippen LogP contribution is -2.34. The van der Waals surface area contributed by atoms with Crippen LogP contribution < -0.4 is 0 Å². The molecular formula is C30H60N4O4. The van der Waals surface area contributed by atoms with Gasteiger partial charge in [0, 0.05) is 78.3 Å². The molecule has 0 spiro atoms. The molecule has 2 N–H and O–H groups in total. The molecule has 2 saturated heterocycles. The zero-order valence-electron chi connectivity index (χ0n) is 24.9. The first kappa shape index (κ1) is 34.8. The van der Waals surface area contributed by atoms with E-state index in [1.54, 1.807) is 0 Å². The predicted molar refractivity (Wildman–Crippen MR) is 158 cm³/mol. The van der Waals surface area contributed by atoms with E-state index in [9.17, 15) is 0 Å². The molecule has 0 aromatic rings. The van der Waals surface area contributed by atoms with Crippen molar-refractivity contribution in [1.29, 1.82) is 0 Å². The minimum atomic E-state index is 0.930. The van der Waals surface area contributed by atoms with Gasteiger partial charge < -0.3 is 29.7 Å². The van der Waals surface area contributed by atoms with Crippen molar-refractivity contribution in [3.63, 3.8) is 0 Å². The number of unbranched alkanes of at least 4 members (excludes halogenated alkanes) is 8. The van der Waals surface area contributed by atoms with Gasteiger partial charge in [-0.25, -0.2) is 0 Å². The van der Waals surface area contributed by atoms with Gasteiger partial charge in [0.15, 0.2) is 0 Å². The molecular weight excluding hydrogens is 480 g/mol. The van der Waals surface area contributed by atoms with Crippen molar-refractivity contribution in [3.8, 4) is 0 Å². The van der Waals surface area contributed by atoms with E-state index in [1.165, 1.54) is 90.1 Å². The van der Waals surface area contributed by atoms with E-state index in [-0.39, 0.29) is 0 Å². The summed E-state index contributed by atoms with van der Waals surface area (Å²) in [4.78, 5) is 4.96. The van der Waals surface area contributed by atoms with Crippen molar-refractivity contribution >= 4 is 11.4 Å². The quantitative estimate of drug-likeness (QED) is 0.103. The summed E-state index contributed by atoms with van der Waals surface area (Å²) in [6.07, 6.45) is 18.7. The van der Waals surface area contributed by atoms with Gasteiger partial charge in [-0.05, 0) is 51.6 Å². The molecule has 2 fully saturated rings. The van der Waals surface area contributed by atoms with Crippen molar-refractivity contribution in [1.82, 2.24) is 9.80 Å². The third-order valence-corrected chi connectivity index (χ3v) is 7.46. The lowest BCUT2D eigenvalue weighted by atomic mass is 10.1. The fourth-order valence-electron chi connectivity index (χ4n) is 4.75. The number of piperidine rings is 2. The van der Waals surface area contributed by atoms with Crippen molar-refractivity contribution in [3.05, 3.63) is 0 Å². The van der Waals surface area contributed by atoms with Gasteiger partial charge in [0.25, 0.3) is 0 Å². The molecule has 0 unspecified atom stereocenters. The largest absolute Gasteiger partial charge is 0.411 e. The lowest BCUT2D eigenvalue weighted by molar-refractivity contribution is 0.126. The van der Waals surface area contributed by atoms with E-state index in [0.29, 0.717) is 0 Å². The predicted octanol–water partition coefficient (Wildman–Crippen LogP) is 6.58. The van der Waals surface area contributed by atoms with Gasteiger partial charge in [0.1, 0.15) is 0 Å². The standard InChI is InChI=1S/2C15H30N2O2/c2*1-2-3-13-19-14-7-5-4-6-10-17-11-8-15(16-18)9-12-17/h2*18H,2-14H2,1H3. The Bertz CT molecular complexity index is 519. The second kappa shape index (κ2) is 26.0. The molecule has 2 rings (SSSR count). The van der Waals surface area contributed by atoms with Crippen molar-refractivity contribution < 1.29 is 19.9 Å². The van der Waals surface area contributed by atoms with Gasteiger partial charge in [-0.15, -0.1) is 0 Å². The molecule has 0 aliphatic carbocycles. The van der Waals surface area contributed by atoms with Crippen LogP contribution in [0.1, 0.15) is 117 Å². The maximum atomic E-state index is 8.69. The Kier molecular flexibility index (Phi) is 23.8. The number of oxime groups is 2. The van der Waals surface area contributed by atoms with Crippen LogP contribution >= 0.6 is 0 Å². The highest BCUT2D eigenvalue weighted by atomic mass is 16.5. The van der Waals surface area contributed by atoms with Crippen molar-refractivity contribution in [2.24, 2.45) is 10.3 Å². The van der Waals surface area contributed by atoms with Gasteiger partial charge in [-0.1, -0.05) is 62.7 Å². The Hall–Kier alpha value is -1.22. The van der Waals surface area contributed by atoms with Gasteiger partial charge in [-0.3, -0.25) is 0 Å². The summed E-state index contributed by atoms with van der Waals surface area (Å²) in [5.41, 5.74) is 1.92. The van der Waals surface area contributed by atoms with E-state index < -0.39 is 0 Å². The molecule has 2 heterocycles. The Balaban J connectivity index is 0.000000380. The Morgan fingerprint density at radius 1 is 0.526 bits per heavy atom. The van der Waals surface area contributed by atoms with E-state index >= 15 is 0 Å². The summed E-state index contributed by atoms with van der Waals surface area (Å²) in [5, 5.41) is 24.0. The Morgan fingerprint density at radius 2 is 0.868 bits per heavy atom. The zero-order valence-corrected chi connectivity index (χ0v) is 24.9. The SMILES string of the molecule is CCCCOCCCCCCN1CCC(=NO)CC1.CCCCOCCCCCCN1CCC(=NO)CC1. The molecule has 0 aromatic heterocycles.